The molecule has 0 aromatic carbocycles. The normalized spacial score (nSPS) is 21.0. The number of likely N-dealkylation sites (tertiary alicyclic amines) is 1. The summed E-state index contributed by atoms with van der Waals surface area (Å²) in [5.74, 6) is 0.719. The molecule has 2 nitrogen and oxygen atoms in total. The number of hydrogen-bond donors (Lipinski definition) is 1. The first kappa shape index (κ1) is 16.0. The summed E-state index contributed by atoms with van der Waals surface area (Å²) < 4.78 is 0. The largest absolute Gasteiger partial charge is 0.330 e. The van der Waals surface area contributed by atoms with Gasteiger partial charge in [0.15, 0.2) is 0 Å². The molecule has 4 heteroatoms. The zero-order valence-corrected chi connectivity index (χ0v) is 13.2. The Hall–Kier alpha value is -0.0900. The van der Waals surface area contributed by atoms with E-state index in [0.717, 1.165) is 19.0 Å². The minimum Gasteiger partial charge on any atom is -0.330 e. The third-order valence-corrected chi connectivity index (χ3v) is 4.98. The molecule has 2 N–H and O–H groups in total. The molecular weight excluding hydrogens is 264 g/mol. The number of thiophene rings is 1. The van der Waals surface area contributed by atoms with Gasteiger partial charge in [-0.1, -0.05) is 20.8 Å². The average molecular weight is 289 g/mol. The van der Waals surface area contributed by atoms with Crippen molar-refractivity contribution in [1.82, 2.24) is 4.90 Å². The first-order chi connectivity index (χ1) is 7.99. The Morgan fingerprint density at radius 3 is 2.61 bits per heavy atom. The summed E-state index contributed by atoms with van der Waals surface area (Å²) in [4.78, 5) is 5.52. The Morgan fingerprint density at radius 1 is 1.39 bits per heavy atom. The Balaban J connectivity index is 0.00000162. The number of hydrogen-bond acceptors (Lipinski definition) is 3. The fraction of sp³-hybridized carbons (Fsp3) is 0.714. The fourth-order valence-corrected chi connectivity index (χ4v) is 3.44. The van der Waals surface area contributed by atoms with Gasteiger partial charge in [0, 0.05) is 22.8 Å². The Morgan fingerprint density at radius 2 is 2.11 bits per heavy atom. The number of rotatable bonds is 3. The summed E-state index contributed by atoms with van der Waals surface area (Å²) >= 11 is 1.96. The number of halogens is 1. The summed E-state index contributed by atoms with van der Waals surface area (Å²) in [5.41, 5.74) is 6.01. The monoisotopic (exact) mass is 288 g/mol. The van der Waals surface area contributed by atoms with Gasteiger partial charge in [-0.3, -0.25) is 4.90 Å². The van der Waals surface area contributed by atoms with E-state index in [1.54, 1.807) is 0 Å². The van der Waals surface area contributed by atoms with Gasteiger partial charge >= 0.3 is 0 Å². The van der Waals surface area contributed by atoms with Crippen LogP contribution >= 0.6 is 23.7 Å². The smallest absolute Gasteiger partial charge is 0.0328 e. The number of nitrogens with two attached hydrogens (primary N) is 1. The van der Waals surface area contributed by atoms with Crippen molar-refractivity contribution in [3.63, 3.8) is 0 Å². The third-order valence-electron chi connectivity index (χ3n) is 3.48. The highest BCUT2D eigenvalue weighted by Crippen LogP contribution is 2.30. The second-order valence-electron chi connectivity index (χ2n) is 6.14. The maximum Gasteiger partial charge on any atom is 0.0328 e. The van der Waals surface area contributed by atoms with E-state index in [-0.39, 0.29) is 17.8 Å². The highest BCUT2D eigenvalue weighted by Gasteiger charge is 2.22. The molecule has 1 fully saturated rings. The lowest BCUT2D eigenvalue weighted by molar-refractivity contribution is 0.320. The SMILES string of the molecule is CC(C)(C)c1ccc(CN2CCC(CN)C2)s1.Cl. The molecule has 0 amide bonds. The van der Waals surface area contributed by atoms with Gasteiger partial charge in [-0.25, -0.2) is 0 Å². The van der Waals surface area contributed by atoms with Crippen LogP contribution in [0.5, 0.6) is 0 Å². The van der Waals surface area contributed by atoms with Gasteiger partial charge in [-0.2, -0.15) is 0 Å². The summed E-state index contributed by atoms with van der Waals surface area (Å²) in [6.45, 7) is 11.2. The molecule has 18 heavy (non-hydrogen) atoms. The van der Waals surface area contributed by atoms with E-state index in [1.165, 1.54) is 29.3 Å². The first-order valence-electron chi connectivity index (χ1n) is 6.50. The fourth-order valence-electron chi connectivity index (χ4n) is 2.34. The predicted octanol–water partition coefficient (Wildman–Crippen LogP) is 3.25. The zero-order valence-electron chi connectivity index (χ0n) is 11.6. The molecule has 0 radical (unpaired) electrons. The van der Waals surface area contributed by atoms with Crippen LogP contribution in [0, 0.1) is 5.92 Å². The van der Waals surface area contributed by atoms with Crippen LogP contribution in [0.15, 0.2) is 12.1 Å². The molecule has 0 spiro atoms. The maximum atomic E-state index is 5.73. The summed E-state index contributed by atoms with van der Waals surface area (Å²) in [6.07, 6.45) is 1.27. The van der Waals surface area contributed by atoms with Crippen molar-refractivity contribution >= 4 is 23.7 Å². The van der Waals surface area contributed by atoms with Gasteiger partial charge in [0.25, 0.3) is 0 Å². The van der Waals surface area contributed by atoms with E-state index in [2.05, 4.69) is 37.8 Å². The van der Waals surface area contributed by atoms with Crippen molar-refractivity contribution in [2.24, 2.45) is 11.7 Å². The maximum absolute atomic E-state index is 5.73. The topological polar surface area (TPSA) is 29.3 Å². The molecule has 104 valence electrons. The summed E-state index contributed by atoms with van der Waals surface area (Å²) in [5, 5.41) is 0. The summed E-state index contributed by atoms with van der Waals surface area (Å²) in [6, 6.07) is 4.58. The predicted molar refractivity (Wildman–Crippen MR) is 82.7 cm³/mol. The second kappa shape index (κ2) is 6.38. The lowest BCUT2D eigenvalue weighted by atomic mass is 9.95. The van der Waals surface area contributed by atoms with E-state index < -0.39 is 0 Å². The van der Waals surface area contributed by atoms with Crippen molar-refractivity contribution in [2.75, 3.05) is 19.6 Å². The Bertz CT molecular complexity index is 370. The minimum atomic E-state index is 0. The van der Waals surface area contributed by atoms with E-state index in [1.807, 2.05) is 11.3 Å². The molecule has 2 rings (SSSR count). The van der Waals surface area contributed by atoms with Crippen molar-refractivity contribution < 1.29 is 0 Å². The first-order valence-corrected chi connectivity index (χ1v) is 7.32. The van der Waals surface area contributed by atoms with Gasteiger partial charge in [-0.15, -0.1) is 23.7 Å². The van der Waals surface area contributed by atoms with Crippen molar-refractivity contribution in [3.8, 4) is 0 Å². The van der Waals surface area contributed by atoms with Crippen LogP contribution in [0.2, 0.25) is 0 Å². The molecule has 1 aliphatic heterocycles. The van der Waals surface area contributed by atoms with Crippen LogP contribution in [-0.2, 0) is 12.0 Å². The van der Waals surface area contributed by atoms with Crippen LogP contribution < -0.4 is 5.73 Å². The lowest BCUT2D eigenvalue weighted by Gasteiger charge is -2.16. The molecule has 0 saturated carbocycles. The molecule has 1 unspecified atom stereocenters. The van der Waals surface area contributed by atoms with Gasteiger partial charge in [-0.05, 0) is 43.0 Å². The van der Waals surface area contributed by atoms with Gasteiger partial charge < -0.3 is 5.73 Å². The quantitative estimate of drug-likeness (QED) is 0.925. The van der Waals surface area contributed by atoms with Crippen LogP contribution in [0.4, 0.5) is 0 Å². The Kier molecular flexibility index (Phi) is 5.66. The highest BCUT2D eigenvalue weighted by atomic mass is 35.5. The van der Waals surface area contributed by atoms with Crippen molar-refractivity contribution in [2.45, 2.75) is 39.2 Å². The molecule has 1 aliphatic rings. The van der Waals surface area contributed by atoms with Gasteiger partial charge in [0.2, 0.25) is 0 Å². The highest BCUT2D eigenvalue weighted by molar-refractivity contribution is 7.12. The van der Waals surface area contributed by atoms with Crippen molar-refractivity contribution in [1.29, 1.82) is 0 Å². The molecule has 1 aromatic heterocycles. The van der Waals surface area contributed by atoms with E-state index in [0.29, 0.717) is 0 Å². The van der Waals surface area contributed by atoms with Gasteiger partial charge in [0.1, 0.15) is 0 Å². The van der Waals surface area contributed by atoms with E-state index in [9.17, 15) is 0 Å². The average Bonchev–Trinajstić information content (AvgIpc) is 2.86. The van der Waals surface area contributed by atoms with Gasteiger partial charge in [0.05, 0.1) is 0 Å². The molecule has 0 bridgehead atoms. The van der Waals surface area contributed by atoms with Crippen LogP contribution in [-0.4, -0.2) is 24.5 Å². The molecule has 2 heterocycles. The van der Waals surface area contributed by atoms with Crippen LogP contribution in [0.3, 0.4) is 0 Å². The van der Waals surface area contributed by atoms with E-state index in [4.69, 9.17) is 5.73 Å². The Labute approximate surface area is 121 Å². The zero-order chi connectivity index (χ0) is 12.5. The molecule has 1 saturated heterocycles. The van der Waals surface area contributed by atoms with Crippen molar-refractivity contribution in [3.05, 3.63) is 21.9 Å². The van der Waals surface area contributed by atoms with Crippen LogP contribution in [0.25, 0.3) is 0 Å². The lowest BCUT2D eigenvalue weighted by Crippen LogP contribution is -2.22. The minimum absolute atomic E-state index is 0. The van der Waals surface area contributed by atoms with Crippen LogP contribution in [0.1, 0.15) is 36.9 Å². The standard InChI is InChI=1S/C14H24N2S.ClH/c1-14(2,3)13-5-4-12(17-13)10-16-7-6-11(8-15)9-16;/h4-5,11H,6-10,15H2,1-3H3;1H. The second-order valence-corrected chi connectivity index (χ2v) is 7.31. The molecular formula is C14H25ClN2S. The molecule has 1 aromatic rings. The summed E-state index contributed by atoms with van der Waals surface area (Å²) in [7, 11) is 0. The third kappa shape index (κ3) is 3.95. The molecule has 1 atom stereocenters. The van der Waals surface area contributed by atoms with E-state index >= 15 is 0 Å². The molecule has 0 aliphatic carbocycles. The number of nitrogens with zero attached hydrogens (tertiary/aromatic N) is 1.